The van der Waals surface area contributed by atoms with E-state index in [1.807, 2.05) is 0 Å². The molecule has 0 saturated carbocycles. The molecule has 0 bridgehead atoms. The van der Waals surface area contributed by atoms with Crippen molar-refractivity contribution in [2.75, 3.05) is 5.32 Å². The van der Waals surface area contributed by atoms with Crippen molar-refractivity contribution in [2.24, 2.45) is 0 Å². The standard InChI is InChI=1S/C7H6Cl2N2O/c1-4(12)11-7-5(8)2-10-3-6(7)9/h2-3H,1H3,(H,10,11,12). The average Bonchev–Trinajstić information content (AvgIpc) is 1.97. The van der Waals surface area contributed by atoms with Crippen LogP contribution in [0, 0.1) is 0 Å². The number of hydrogen-bond donors (Lipinski definition) is 1. The predicted molar refractivity (Wildman–Crippen MR) is 48.6 cm³/mol. The van der Waals surface area contributed by atoms with E-state index in [4.69, 9.17) is 23.2 Å². The topological polar surface area (TPSA) is 42.0 Å². The maximum absolute atomic E-state index is 10.7. The number of amides is 1. The number of aromatic nitrogens is 1. The second kappa shape index (κ2) is 3.74. The Balaban J connectivity index is 3.04. The van der Waals surface area contributed by atoms with Gasteiger partial charge in [-0.15, -0.1) is 0 Å². The van der Waals surface area contributed by atoms with Crippen LogP contribution in [0.3, 0.4) is 0 Å². The summed E-state index contributed by atoms with van der Waals surface area (Å²) in [6.45, 7) is 1.38. The van der Waals surface area contributed by atoms with Crippen molar-refractivity contribution in [1.82, 2.24) is 4.98 Å². The molecule has 0 atom stereocenters. The Hall–Kier alpha value is -0.800. The molecule has 1 N–H and O–H groups in total. The number of hydrogen-bond acceptors (Lipinski definition) is 2. The number of carbonyl (C=O) groups excluding carboxylic acids is 1. The highest BCUT2D eigenvalue weighted by Gasteiger charge is 2.06. The zero-order valence-corrected chi connectivity index (χ0v) is 7.78. The number of anilines is 1. The van der Waals surface area contributed by atoms with Crippen molar-refractivity contribution in [3.8, 4) is 0 Å². The lowest BCUT2D eigenvalue weighted by Gasteiger charge is -2.05. The van der Waals surface area contributed by atoms with Crippen molar-refractivity contribution in [3.63, 3.8) is 0 Å². The number of nitrogens with zero attached hydrogens (tertiary/aromatic N) is 1. The summed E-state index contributed by atoms with van der Waals surface area (Å²) in [5, 5.41) is 3.16. The molecule has 1 amide bonds. The third-order valence-electron chi connectivity index (χ3n) is 1.15. The quantitative estimate of drug-likeness (QED) is 0.764. The van der Waals surface area contributed by atoms with Crippen LogP contribution in [0.25, 0.3) is 0 Å². The summed E-state index contributed by atoms with van der Waals surface area (Å²) in [6, 6.07) is 0. The van der Waals surface area contributed by atoms with Crippen LogP contribution in [0.1, 0.15) is 6.92 Å². The summed E-state index contributed by atoms with van der Waals surface area (Å²) in [5.41, 5.74) is 0.404. The van der Waals surface area contributed by atoms with Gasteiger partial charge in [-0.05, 0) is 0 Å². The minimum atomic E-state index is -0.218. The number of pyridine rings is 1. The first-order chi connectivity index (χ1) is 5.61. The summed E-state index contributed by atoms with van der Waals surface area (Å²) in [6.07, 6.45) is 2.83. The molecule has 0 aliphatic rings. The summed E-state index contributed by atoms with van der Waals surface area (Å²) < 4.78 is 0. The van der Waals surface area contributed by atoms with Gasteiger partial charge in [-0.1, -0.05) is 23.2 Å². The summed E-state index contributed by atoms with van der Waals surface area (Å²) >= 11 is 11.4. The smallest absolute Gasteiger partial charge is 0.221 e. The molecule has 0 aromatic carbocycles. The van der Waals surface area contributed by atoms with E-state index < -0.39 is 0 Å². The largest absolute Gasteiger partial charge is 0.324 e. The maximum atomic E-state index is 10.7. The molecule has 0 aliphatic heterocycles. The number of carbonyl (C=O) groups is 1. The lowest BCUT2D eigenvalue weighted by Crippen LogP contribution is -2.06. The molecule has 5 heteroatoms. The van der Waals surface area contributed by atoms with E-state index in [9.17, 15) is 4.79 Å². The molecule has 1 aromatic rings. The van der Waals surface area contributed by atoms with E-state index in [0.29, 0.717) is 15.7 Å². The molecule has 0 spiro atoms. The minimum Gasteiger partial charge on any atom is -0.324 e. The molecule has 12 heavy (non-hydrogen) atoms. The van der Waals surface area contributed by atoms with Crippen LogP contribution in [0.5, 0.6) is 0 Å². The highest BCUT2D eigenvalue weighted by atomic mass is 35.5. The van der Waals surface area contributed by atoms with E-state index in [1.165, 1.54) is 19.3 Å². The van der Waals surface area contributed by atoms with E-state index >= 15 is 0 Å². The monoisotopic (exact) mass is 204 g/mol. The first-order valence-electron chi connectivity index (χ1n) is 3.18. The number of halogens is 2. The van der Waals surface area contributed by atoms with Crippen LogP contribution in [0.2, 0.25) is 10.0 Å². The second-order valence-corrected chi connectivity index (χ2v) is 2.97. The fourth-order valence-corrected chi connectivity index (χ4v) is 1.17. The molecule has 1 aromatic heterocycles. The van der Waals surface area contributed by atoms with Crippen molar-refractivity contribution in [1.29, 1.82) is 0 Å². The highest BCUT2D eigenvalue weighted by Crippen LogP contribution is 2.28. The fraction of sp³-hybridized carbons (Fsp3) is 0.143. The molecular weight excluding hydrogens is 199 g/mol. The first-order valence-corrected chi connectivity index (χ1v) is 3.93. The molecule has 0 fully saturated rings. The van der Waals surface area contributed by atoms with Gasteiger partial charge in [-0.2, -0.15) is 0 Å². The summed E-state index contributed by atoms with van der Waals surface area (Å²) in [7, 11) is 0. The third kappa shape index (κ3) is 2.09. The Labute approximate surface area is 79.7 Å². The normalized spacial score (nSPS) is 9.58. The molecule has 0 unspecified atom stereocenters. The van der Waals surface area contributed by atoms with Gasteiger partial charge in [0, 0.05) is 19.3 Å². The molecule has 0 radical (unpaired) electrons. The van der Waals surface area contributed by atoms with Crippen molar-refractivity contribution in [3.05, 3.63) is 22.4 Å². The maximum Gasteiger partial charge on any atom is 0.221 e. The van der Waals surface area contributed by atoms with Crippen LogP contribution in [0.4, 0.5) is 5.69 Å². The van der Waals surface area contributed by atoms with Crippen LogP contribution < -0.4 is 5.32 Å². The van der Waals surface area contributed by atoms with Gasteiger partial charge in [0.25, 0.3) is 0 Å². The van der Waals surface area contributed by atoms with Gasteiger partial charge >= 0.3 is 0 Å². The van der Waals surface area contributed by atoms with Gasteiger partial charge < -0.3 is 5.32 Å². The molecule has 64 valence electrons. The molecule has 1 rings (SSSR count). The predicted octanol–water partition coefficient (Wildman–Crippen LogP) is 2.35. The van der Waals surface area contributed by atoms with Crippen LogP contribution in [0.15, 0.2) is 12.4 Å². The molecule has 3 nitrogen and oxygen atoms in total. The summed E-state index contributed by atoms with van der Waals surface area (Å²) in [4.78, 5) is 14.4. The van der Waals surface area contributed by atoms with Gasteiger partial charge in [-0.3, -0.25) is 9.78 Å². The van der Waals surface area contributed by atoms with E-state index in [-0.39, 0.29) is 5.91 Å². The summed E-state index contributed by atoms with van der Waals surface area (Å²) in [5.74, 6) is -0.218. The zero-order chi connectivity index (χ0) is 9.14. The van der Waals surface area contributed by atoms with Crippen LogP contribution in [-0.4, -0.2) is 10.9 Å². The minimum absolute atomic E-state index is 0.218. The zero-order valence-electron chi connectivity index (χ0n) is 6.27. The lowest BCUT2D eigenvalue weighted by molar-refractivity contribution is -0.114. The number of nitrogens with one attached hydrogen (secondary N) is 1. The van der Waals surface area contributed by atoms with Gasteiger partial charge in [0.05, 0.1) is 15.7 Å². The van der Waals surface area contributed by atoms with Crippen molar-refractivity contribution in [2.45, 2.75) is 6.92 Å². The van der Waals surface area contributed by atoms with Crippen molar-refractivity contribution >= 4 is 34.8 Å². The van der Waals surface area contributed by atoms with E-state index in [0.717, 1.165) is 0 Å². The van der Waals surface area contributed by atoms with Crippen LogP contribution >= 0.6 is 23.2 Å². The highest BCUT2D eigenvalue weighted by molar-refractivity contribution is 6.39. The third-order valence-corrected chi connectivity index (χ3v) is 1.73. The Morgan fingerprint density at radius 2 is 1.92 bits per heavy atom. The second-order valence-electron chi connectivity index (χ2n) is 2.16. The van der Waals surface area contributed by atoms with Gasteiger partial charge in [0.15, 0.2) is 0 Å². The van der Waals surface area contributed by atoms with E-state index in [2.05, 4.69) is 10.3 Å². The number of rotatable bonds is 1. The van der Waals surface area contributed by atoms with Gasteiger partial charge in [0.2, 0.25) is 5.91 Å². The lowest BCUT2D eigenvalue weighted by atomic mass is 10.4. The van der Waals surface area contributed by atoms with E-state index in [1.54, 1.807) is 0 Å². The van der Waals surface area contributed by atoms with Gasteiger partial charge in [0.1, 0.15) is 0 Å². The molecule has 0 saturated heterocycles. The van der Waals surface area contributed by atoms with Crippen LogP contribution in [-0.2, 0) is 4.79 Å². The Morgan fingerprint density at radius 1 is 1.42 bits per heavy atom. The Kier molecular flexibility index (Phi) is 2.89. The van der Waals surface area contributed by atoms with Crippen molar-refractivity contribution < 1.29 is 4.79 Å². The Morgan fingerprint density at radius 3 is 2.33 bits per heavy atom. The Bertz CT molecular complexity index is 294. The molecule has 1 heterocycles. The molecule has 0 aliphatic carbocycles. The molecular formula is C7H6Cl2N2O. The fourth-order valence-electron chi connectivity index (χ4n) is 0.707. The van der Waals surface area contributed by atoms with Gasteiger partial charge in [-0.25, -0.2) is 0 Å². The average molecular weight is 205 g/mol. The first kappa shape index (κ1) is 9.29. The SMILES string of the molecule is CC(=O)Nc1c(Cl)cncc1Cl.